The predicted octanol–water partition coefficient (Wildman–Crippen LogP) is 4.61. The van der Waals surface area contributed by atoms with Gasteiger partial charge in [0.2, 0.25) is 0 Å². The lowest BCUT2D eigenvalue weighted by Crippen LogP contribution is -2.04. The summed E-state index contributed by atoms with van der Waals surface area (Å²) in [7, 11) is 0. The van der Waals surface area contributed by atoms with E-state index in [9.17, 15) is 0 Å². The predicted molar refractivity (Wildman–Crippen MR) is 83.4 cm³/mol. The molecule has 0 aliphatic carbocycles. The van der Waals surface area contributed by atoms with Crippen LogP contribution >= 0.6 is 0 Å². The minimum Gasteiger partial charge on any atom is -0.324 e. The number of benzene rings is 2. The molecular formula is C18H23N. The highest BCUT2D eigenvalue weighted by Gasteiger charge is 2.10. The summed E-state index contributed by atoms with van der Waals surface area (Å²) in [4.78, 5) is 0. The SMILES string of the molecule is Cc1cc(C)c(C)c(-c2ccc(C(C)N)cc2)c1C. The molecular weight excluding hydrogens is 230 g/mol. The summed E-state index contributed by atoms with van der Waals surface area (Å²) in [5.74, 6) is 0. The van der Waals surface area contributed by atoms with Crippen molar-refractivity contribution in [3.8, 4) is 11.1 Å². The van der Waals surface area contributed by atoms with E-state index in [0.717, 1.165) is 0 Å². The molecule has 0 spiro atoms. The lowest BCUT2D eigenvalue weighted by molar-refractivity contribution is 0.818. The summed E-state index contributed by atoms with van der Waals surface area (Å²) >= 11 is 0. The molecule has 2 N–H and O–H groups in total. The fraction of sp³-hybridized carbons (Fsp3) is 0.333. The summed E-state index contributed by atoms with van der Waals surface area (Å²) in [5.41, 5.74) is 15.2. The maximum absolute atomic E-state index is 5.91. The van der Waals surface area contributed by atoms with Crippen molar-refractivity contribution < 1.29 is 0 Å². The first-order valence-corrected chi connectivity index (χ1v) is 6.85. The van der Waals surface area contributed by atoms with Gasteiger partial charge in [0.25, 0.3) is 0 Å². The molecule has 0 bridgehead atoms. The number of hydrogen-bond acceptors (Lipinski definition) is 1. The first-order valence-electron chi connectivity index (χ1n) is 6.85. The van der Waals surface area contributed by atoms with Gasteiger partial charge in [0.05, 0.1) is 0 Å². The molecule has 1 unspecified atom stereocenters. The van der Waals surface area contributed by atoms with Crippen LogP contribution in [0.4, 0.5) is 0 Å². The number of nitrogens with two attached hydrogens (primary N) is 1. The van der Waals surface area contributed by atoms with E-state index in [2.05, 4.69) is 58.0 Å². The molecule has 0 aliphatic rings. The van der Waals surface area contributed by atoms with Crippen LogP contribution in [-0.2, 0) is 0 Å². The zero-order valence-corrected chi connectivity index (χ0v) is 12.5. The van der Waals surface area contributed by atoms with E-state index in [1.807, 2.05) is 6.92 Å². The van der Waals surface area contributed by atoms with E-state index in [4.69, 9.17) is 5.73 Å². The van der Waals surface area contributed by atoms with E-state index in [1.165, 1.54) is 38.9 Å². The third kappa shape index (κ3) is 2.57. The zero-order valence-electron chi connectivity index (χ0n) is 12.5. The maximum atomic E-state index is 5.91. The highest BCUT2D eigenvalue weighted by Crippen LogP contribution is 2.32. The van der Waals surface area contributed by atoms with Crippen LogP contribution in [0.3, 0.4) is 0 Å². The molecule has 1 heteroatoms. The van der Waals surface area contributed by atoms with E-state index >= 15 is 0 Å². The molecule has 1 atom stereocenters. The van der Waals surface area contributed by atoms with Crippen molar-refractivity contribution >= 4 is 0 Å². The van der Waals surface area contributed by atoms with Gasteiger partial charge in [-0.1, -0.05) is 30.3 Å². The normalized spacial score (nSPS) is 12.5. The van der Waals surface area contributed by atoms with E-state index in [1.54, 1.807) is 0 Å². The molecule has 19 heavy (non-hydrogen) atoms. The molecule has 2 rings (SSSR count). The van der Waals surface area contributed by atoms with Gasteiger partial charge in [-0.15, -0.1) is 0 Å². The first kappa shape index (κ1) is 13.8. The molecule has 0 fully saturated rings. The smallest absolute Gasteiger partial charge is 0.0266 e. The molecule has 2 aromatic rings. The van der Waals surface area contributed by atoms with Gasteiger partial charge < -0.3 is 5.73 Å². The first-order chi connectivity index (χ1) is 8.91. The van der Waals surface area contributed by atoms with Crippen LogP contribution in [0.1, 0.15) is 40.8 Å². The lowest BCUT2D eigenvalue weighted by Gasteiger charge is -2.16. The minimum atomic E-state index is 0.0930. The number of hydrogen-bond donors (Lipinski definition) is 1. The second-order valence-corrected chi connectivity index (χ2v) is 5.55. The quantitative estimate of drug-likeness (QED) is 0.831. The Bertz CT molecular complexity index is 566. The van der Waals surface area contributed by atoms with Gasteiger partial charge in [0.15, 0.2) is 0 Å². The highest BCUT2D eigenvalue weighted by atomic mass is 14.6. The molecule has 100 valence electrons. The van der Waals surface area contributed by atoms with Crippen molar-refractivity contribution in [1.82, 2.24) is 0 Å². The lowest BCUT2D eigenvalue weighted by atomic mass is 9.89. The Balaban J connectivity index is 2.59. The standard InChI is InChI=1S/C18H23N/c1-11-10-12(2)14(4)18(13(11)3)17-8-6-16(7-9-17)15(5)19/h6-10,15H,19H2,1-5H3. The Hall–Kier alpha value is -1.60. The van der Waals surface area contributed by atoms with E-state index in [0.29, 0.717) is 0 Å². The largest absolute Gasteiger partial charge is 0.324 e. The number of rotatable bonds is 2. The second kappa shape index (κ2) is 5.18. The van der Waals surface area contributed by atoms with Gasteiger partial charge in [-0.05, 0) is 73.6 Å². The van der Waals surface area contributed by atoms with Gasteiger partial charge in [-0.3, -0.25) is 0 Å². The van der Waals surface area contributed by atoms with Crippen LogP contribution < -0.4 is 5.73 Å². The van der Waals surface area contributed by atoms with Gasteiger partial charge in [0.1, 0.15) is 0 Å². The fourth-order valence-electron chi connectivity index (χ4n) is 2.60. The van der Waals surface area contributed by atoms with Crippen molar-refractivity contribution in [3.63, 3.8) is 0 Å². The Kier molecular flexibility index (Phi) is 3.77. The van der Waals surface area contributed by atoms with Gasteiger partial charge in [0, 0.05) is 6.04 Å². The van der Waals surface area contributed by atoms with Crippen LogP contribution in [0, 0.1) is 27.7 Å². The van der Waals surface area contributed by atoms with Crippen LogP contribution in [0.2, 0.25) is 0 Å². The molecule has 0 radical (unpaired) electrons. The molecule has 0 saturated heterocycles. The third-order valence-electron chi connectivity index (χ3n) is 4.09. The Morgan fingerprint density at radius 2 is 1.32 bits per heavy atom. The van der Waals surface area contributed by atoms with Crippen molar-refractivity contribution in [3.05, 3.63) is 58.1 Å². The Labute approximate surface area is 116 Å². The van der Waals surface area contributed by atoms with Gasteiger partial charge >= 0.3 is 0 Å². The molecule has 0 aromatic heterocycles. The van der Waals surface area contributed by atoms with Crippen LogP contribution in [0.5, 0.6) is 0 Å². The van der Waals surface area contributed by atoms with Crippen LogP contribution in [0.25, 0.3) is 11.1 Å². The molecule has 1 nitrogen and oxygen atoms in total. The summed E-state index contributed by atoms with van der Waals surface area (Å²) in [5, 5.41) is 0. The van der Waals surface area contributed by atoms with Gasteiger partial charge in [-0.2, -0.15) is 0 Å². The third-order valence-corrected chi connectivity index (χ3v) is 4.09. The summed E-state index contributed by atoms with van der Waals surface area (Å²) in [6, 6.07) is 11.0. The molecule has 0 saturated carbocycles. The monoisotopic (exact) mass is 253 g/mol. The minimum absolute atomic E-state index is 0.0930. The van der Waals surface area contributed by atoms with Crippen LogP contribution in [-0.4, -0.2) is 0 Å². The summed E-state index contributed by atoms with van der Waals surface area (Å²) < 4.78 is 0. The van der Waals surface area contributed by atoms with Crippen LogP contribution in [0.15, 0.2) is 30.3 Å². The second-order valence-electron chi connectivity index (χ2n) is 5.55. The van der Waals surface area contributed by atoms with Gasteiger partial charge in [-0.25, -0.2) is 0 Å². The van der Waals surface area contributed by atoms with Crippen molar-refractivity contribution in [2.24, 2.45) is 5.73 Å². The average molecular weight is 253 g/mol. The fourth-order valence-corrected chi connectivity index (χ4v) is 2.60. The summed E-state index contributed by atoms with van der Waals surface area (Å²) in [6.07, 6.45) is 0. The van der Waals surface area contributed by atoms with E-state index in [-0.39, 0.29) is 6.04 Å². The van der Waals surface area contributed by atoms with Crippen molar-refractivity contribution in [2.45, 2.75) is 40.7 Å². The van der Waals surface area contributed by atoms with Crippen molar-refractivity contribution in [1.29, 1.82) is 0 Å². The molecule has 0 aliphatic heterocycles. The molecule has 2 aromatic carbocycles. The molecule has 0 amide bonds. The Morgan fingerprint density at radius 1 is 0.842 bits per heavy atom. The van der Waals surface area contributed by atoms with E-state index < -0.39 is 0 Å². The van der Waals surface area contributed by atoms with Crippen molar-refractivity contribution in [2.75, 3.05) is 0 Å². The average Bonchev–Trinajstić information content (AvgIpc) is 2.37. The summed E-state index contributed by atoms with van der Waals surface area (Å²) in [6.45, 7) is 10.8. The Morgan fingerprint density at radius 3 is 1.74 bits per heavy atom. The molecule has 0 heterocycles. The highest BCUT2D eigenvalue weighted by molar-refractivity contribution is 5.73. The maximum Gasteiger partial charge on any atom is 0.0266 e. The number of aryl methyl sites for hydroxylation is 2. The zero-order chi connectivity index (χ0) is 14.2. The topological polar surface area (TPSA) is 26.0 Å².